The minimum absolute atomic E-state index is 0.0295. The number of carbonyl (C=O) groups is 1. The second-order valence-electron chi connectivity index (χ2n) is 4.75. The van der Waals surface area contributed by atoms with E-state index in [2.05, 4.69) is 22.4 Å². The van der Waals surface area contributed by atoms with Gasteiger partial charge in [-0.15, -0.1) is 11.3 Å². The molecule has 0 aromatic carbocycles. The van der Waals surface area contributed by atoms with E-state index >= 15 is 0 Å². The Morgan fingerprint density at radius 3 is 3.10 bits per heavy atom. The summed E-state index contributed by atoms with van der Waals surface area (Å²) in [7, 11) is 0. The average Bonchev–Trinajstić information content (AvgIpc) is 3.07. The number of hydrogen-bond acceptors (Lipinski definition) is 5. The third-order valence-corrected chi connectivity index (χ3v) is 3.77. The zero-order valence-corrected chi connectivity index (χ0v) is 12.6. The van der Waals surface area contributed by atoms with Crippen LogP contribution in [0.25, 0.3) is 10.7 Å². The fraction of sp³-hybridized carbons (Fsp3) is 0.500. The molecule has 20 heavy (non-hydrogen) atoms. The van der Waals surface area contributed by atoms with Crippen LogP contribution in [0.1, 0.15) is 39.0 Å². The first kappa shape index (κ1) is 14.7. The summed E-state index contributed by atoms with van der Waals surface area (Å²) in [6, 6.07) is 4.11. The molecule has 0 saturated carbocycles. The molecular formula is C14H19N3O2S. The highest BCUT2D eigenvalue weighted by Gasteiger charge is 2.12. The van der Waals surface area contributed by atoms with E-state index < -0.39 is 0 Å². The SMILES string of the molecule is CCC[C@H](C)NC(=O)CCc1nc(-c2cccs2)no1. The number of carbonyl (C=O) groups excluding carboxylic acids is 1. The molecule has 0 aliphatic carbocycles. The molecule has 0 bridgehead atoms. The van der Waals surface area contributed by atoms with E-state index in [0.29, 0.717) is 24.6 Å². The van der Waals surface area contributed by atoms with Crippen molar-refractivity contribution >= 4 is 17.2 Å². The van der Waals surface area contributed by atoms with Gasteiger partial charge < -0.3 is 9.84 Å². The fourth-order valence-corrected chi connectivity index (χ4v) is 2.58. The number of rotatable bonds is 7. The second-order valence-corrected chi connectivity index (χ2v) is 5.69. The van der Waals surface area contributed by atoms with Gasteiger partial charge in [-0.2, -0.15) is 4.98 Å². The van der Waals surface area contributed by atoms with Crippen molar-refractivity contribution in [1.82, 2.24) is 15.5 Å². The van der Waals surface area contributed by atoms with Crippen molar-refractivity contribution in [2.75, 3.05) is 0 Å². The molecule has 2 rings (SSSR count). The molecule has 108 valence electrons. The van der Waals surface area contributed by atoms with Crippen LogP contribution in [0.4, 0.5) is 0 Å². The fourth-order valence-electron chi connectivity index (χ4n) is 1.93. The molecule has 0 radical (unpaired) electrons. The number of amides is 1. The molecule has 0 fully saturated rings. The van der Waals surface area contributed by atoms with Crippen LogP contribution >= 0.6 is 11.3 Å². The van der Waals surface area contributed by atoms with Gasteiger partial charge in [0, 0.05) is 18.9 Å². The maximum absolute atomic E-state index is 11.7. The van der Waals surface area contributed by atoms with Crippen molar-refractivity contribution < 1.29 is 9.32 Å². The van der Waals surface area contributed by atoms with Crippen molar-refractivity contribution in [2.45, 2.75) is 45.6 Å². The summed E-state index contributed by atoms with van der Waals surface area (Å²) < 4.78 is 5.16. The third-order valence-electron chi connectivity index (χ3n) is 2.90. The lowest BCUT2D eigenvalue weighted by molar-refractivity contribution is -0.121. The number of thiophene rings is 1. The van der Waals surface area contributed by atoms with Crippen LogP contribution in [-0.4, -0.2) is 22.1 Å². The van der Waals surface area contributed by atoms with Crippen LogP contribution in [0.2, 0.25) is 0 Å². The van der Waals surface area contributed by atoms with Gasteiger partial charge in [0.1, 0.15) is 0 Å². The molecule has 0 saturated heterocycles. The van der Waals surface area contributed by atoms with Gasteiger partial charge in [0.05, 0.1) is 4.88 Å². The molecule has 2 aromatic rings. The highest BCUT2D eigenvalue weighted by molar-refractivity contribution is 7.13. The molecule has 0 aliphatic heterocycles. The molecule has 1 N–H and O–H groups in total. The standard InChI is InChI=1S/C14H19N3O2S/c1-3-5-10(2)15-12(18)7-8-13-16-14(17-19-13)11-6-4-9-20-11/h4,6,9-10H,3,5,7-8H2,1-2H3,(H,15,18)/t10-/m0/s1. The number of nitrogens with one attached hydrogen (secondary N) is 1. The lowest BCUT2D eigenvalue weighted by Crippen LogP contribution is -2.32. The zero-order valence-electron chi connectivity index (χ0n) is 11.8. The van der Waals surface area contributed by atoms with Crippen LogP contribution in [0.15, 0.2) is 22.0 Å². The van der Waals surface area contributed by atoms with Crippen molar-refractivity contribution in [3.05, 3.63) is 23.4 Å². The van der Waals surface area contributed by atoms with Gasteiger partial charge in [0.2, 0.25) is 17.6 Å². The Morgan fingerprint density at radius 2 is 2.40 bits per heavy atom. The third kappa shape index (κ3) is 4.16. The molecule has 1 amide bonds. The molecule has 1 atom stereocenters. The largest absolute Gasteiger partial charge is 0.354 e. The van der Waals surface area contributed by atoms with Crippen molar-refractivity contribution in [1.29, 1.82) is 0 Å². The lowest BCUT2D eigenvalue weighted by atomic mass is 10.2. The Hall–Kier alpha value is -1.69. The van der Waals surface area contributed by atoms with E-state index in [1.54, 1.807) is 11.3 Å². The number of nitrogens with zero attached hydrogens (tertiary/aromatic N) is 2. The van der Waals surface area contributed by atoms with E-state index in [9.17, 15) is 4.79 Å². The van der Waals surface area contributed by atoms with Crippen molar-refractivity contribution in [3.8, 4) is 10.7 Å². The average molecular weight is 293 g/mol. The molecule has 6 heteroatoms. The minimum atomic E-state index is 0.0295. The monoisotopic (exact) mass is 293 g/mol. The quantitative estimate of drug-likeness (QED) is 0.852. The predicted molar refractivity (Wildman–Crippen MR) is 78.4 cm³/mol. The van der Waals surface area contributed by atoms with Gasteiger partial charge >= 0.3 is 0 Å². The first-order valence-electron chi connectivity index (χ1n) is 6.85. The molecule has 0 unspecified atom stereocenters. The molecule has 5 nitrogen and oxygen atoms in total. The summed E-state index contributed by atoms with van der Waals surface area (Å²) in [5.41, 5.74) is 0. The number of hydrogen-bond donors (Lipinski definition) is 1. The summed E-state index contributed by atoms with van der Waals surface area (Å²) in [4.78, 5) is 17.0. The summed E-state index contributed by atoms with van der Waals surface area (Å²) in [5, 5.41) is 8.84. The Kier molecular flexibility index (Phi) is 5.29. The second kappa shape index (κ2) is 7.19. The summed E-state index contributed by atoms with van der Waals surface area (Å²) in [6.45, 7) is 4.12. The Bertz CT molecular complexity index is 536. The van der Waals surface area contributed by atoms with Crippen LogP contribution in [0.5, 0.6) is 0 Å². The molecule has 0 aliphatic rings. The Morgan fingerprint density at radius 1 is 1.55 bits per heavy atom. The zero-order chi connectivity index (χ0) is 14.4. The van der Waals surface area contributed by atoms with Gasteiger partial charge in [0.15, 0.2) is 0 Å². The summed E-state index contributed by atoms with van der Waals surface area (Å²) in [5.74, 6) is 1.13. The smallest absolute Gasteiger partial charge is 0.227 e. The maximum atomic E-state index is 11.7. The normalized spacial score (nSPS) is 12.3. The van der Waals surface area contributed by atoms with Gasteiger partial charge in [-0.3, -0.25) is 4.79 Å². The Labute approximate surface area is 122 Å². The van der Waals surface area contributed by atoms with Crippen LogP contribution in [0, 0.1) is 0 Å². The van der Waals surface area contributed by atoms with Gasteiger partial charge in [-0.05, 0) is 24.8 Å². The molecular weight excluding hydrogens is 274 g/mol. The first-order chi connectivity index (χ1) is 9.69. The molecule has 0 spiro atoms. The summed E-state index contributed by atoms with van der Waals surface area (Å²) in [6.07, 6.45) is 2.91. The van der Waals surface area contributed by atoms with Crippen molar-refractivity contribution in [2.24, 2.45) is 0 Å². The van der Waals surface area contributed by atoms with Crippen LogP contribution in [-0.2, 0) is 11.2 Å². The van der Waals surface area contributed by atoms with E-state index in [1.807, 2.05) is 24.4 Å². The number of aryl methyl sites for hydroxylation is 1. The van der Waals surface area contributed by atoms with E-state index in [-0.39, 0.29) is 11.9 Å². The maximum Gasteiger partial charge on any atom is 0.227 e. The van der Waals surface area contributed by atoms with E-state index in [1.165, 1.54) is 0 Å². The molecule has 2 heterocycles. The van der Waals surface area contributed by atoms with Gasteiger partial charge in [0.25, 0.3) is 0 Å². The van der Waals surface area contributed by atoms with E-state index in [0.717, 1.165) is 17.7 Å². The number of aromatic nitrogens is 2. The van der Waals surface area contributed by atoms with E-state index in [4.69, 9.17) is 4.52 Å². The lowest BCUT2D eigenvalue weighted by Gasteiger charge is -2.11. The van der Waals surface area contributed by atoms with Gasteiger partial charge in [-0.25, -0.2) is 0 Å². The Balaban J connectivity index is 1.81. The van der Waals surface area contributed by atoms with Crippen LogP contribution < -0.4 is 5.32 Å². The topological polar surface area (TPSA) is 68.0 Å². The highest BCUT2D eigenvalue weighted by Crippen LogP contribution is 2.21. The highest BCUT2D eigenvalue weighted by atomic mass is 32.1. The first-order valence-corrected chi connectivity index (χ1v) is 7.72. The van der Waals surface area contributed by atoms with Gasteiger partial charge in [-0.1, -0.05) is 24.6 Å². The van der Waals surface area contributed by atoms with Crippen LogP contribution in [0.3, 0.4) is 0 Å². The summed E-state index contributed by atoms with van der Waals surface area (Å²) >= 11 is 1.56. The van der Waals surface area contributed by atoms with Crippen molar-refractivity contribution in [3.63, 3.8) is 0 Å². The molecule has 2 aromatic heterocycles. The minimum Gasteiger partial charge on any atom is -0.354 e. The predicted octanol–water partition coefficient (Wildman–Crippen LogP) is 3.04.